The molecular formula is C29H28F3N5O3. The lowest BCUT2D eigenvalue weighted by Crippen LogP contribution is -2.57. The Labute approximate surface area is 226 Å². The van der Waals surface area contributed by atoms with Crippen LogP contribution in [0.1, 0.15) is 6.42 Å². The molecule has 1 fully saturated rings. The number of rotatable bonds is 3. The Morgan fingerprint density at radius 3 is 2.23 bits per heavy atom. The van der Waals surface area contributed by atoms with E-state index in [4.69, 9.17) is 9.47 Å². The Morgan fingerprint density at radius 1 is 0.900 bits per heavy atom. The quantitative estimate of drug-likeness (QED) is 0.311. The summed E-state index contributed by atoms with van der Waals surface area (Å²) >= 11 is 0. The van der Waals surface area contributed by atoms with Gasteiger partial charge in [0.25, 0.3) is 5.56 Å². The summed E-state index contributed by atoms with van der Waals surface area (Å²) < 4.78 is 57.4. The van der Waals surface area contributed by atoms with E-state index >= 15 is 0 Å². The maximum Gasteiger partial charge on any atom is 0.460 e. The lowest BCUT2D eigenvalue weighted by Gasteiger charge is -2.39. The summed E-state index contributed by atoms with van der Waals surface area (Å²) in [5.74, 6) is 0. The molecule has 1 atom stereocenters. The van der Waals surface area contributed by atoms with Crippen LogP contribution in [0.5, 0.6) is 0 Å². The van der Waals surface area contributed by atoms with Gasteiger partial charge in [-0.25, -0.2) is 4.90 Å². The Bertz CT molecular complexity index is 1740. The van der Waals surface area contributed by atoms with Gasteiger partial charge in [-0.05, 0) is 18.6 Å². The second-order valence-corrected chi connectivity index (χ2v) is 10.4. The highest BCUT2D eigenvalue weighted by molar-refractivity contribution is 6.03. The Morgan fingerprint density at radius 2 is 1.55 bits per heavy atom. The maximum absolute atomic E-state index is 14.0. The zero-order chi connectivity index (χ0) is 27.4. The number of aryl methyl sites for hydroxylation is 1. The second kappa shape index (κ2) is 9.69. The van der Waals surface area contributed by atoms with Crippen LogP contribution in [-0.2, 0) is 22.6 Å². The molecular weight excluding hydrogens is 523 g/mol. The smallest absolute Gasteiger partial charge is 0.378 e. The van der Waals surface area contributed by atoms with Crippen molar-refractivity contribution in [1.29, 1.82) is 0 Å². The van der Waals surface area contributed by atoms with E-state index in [-0.39, 0.29) is 31.9 Å². The van der Waals surface area contributed by atoms with Gasteiger partial charge >= 0.3 is 6.30 Å². The number of H-pyrrole nitrogens is 2. The second-order valence-electron chi connectivity index (χ2n) is 10.4. The number of ether oxygens (including phenoxy) is 2. The lowest BCUT2D eigenvalue weighted by molar-refractivity contribution is -0.288. The molecule has 2 aliphatic rings. The molecule has 0 radical (unpaired) electrons. The normalized spacial score (nSPS) is 18.6. The first kappa shape index (κ1) is 25.2. The van der Waals surface area contributed by atoms with Gasteiger partial charge in [-0.3, -0.25) is 15.0 Å². The molecule has 1 saturated heterocycles. The zero-order valence-electron chi connectivity index (χ0n) is 21.6. The molecule has 3 aromatic heterocycles. The minimum Gasteiger partial charge on any atom is -0.378 e. The number of benzene rings is 2. The number of nitrogens with zero attached hydrogens (tertiary/aromatic N) is 3. The molecule has 8 nitrogen and oxygen atoms in total. The Hall–Kier alpha value is -3.80. The highest BCUT2D eigenvalue weighted by Crippen LogP contribution is 2.38. The van der Waals surface area contributed by atoms with Crippen molar-refractivity contribution in [2.45, 2.75) is 38.0 Å². The van der Waals surface area contributed by atoms with E-state index in [2.05, 4.69) is 10.2 Å². The molecule has 2 aliphatic heterocycles. The van der Waals surface area contributed by atoms with Gasteiger partial charge in [-0.1, -0.05) is 36.4 Å². The van der Waals surface area contributed by atoms with Gasteiger partial charge in [0.1, 0.15) is 0 Å². The van der Waals surface area contributed by atoms with Crippen LogP contribution in [0.3, 0.4) is 0 Å². The molecule has 0 amide bonds. The summed E-state index contributed by atoms with van der Waals surface area (Å²) in [6.45, 7) is 0.967. The van der Waals surface area contributed by atoms with Gasteiger partial charge in [-0.2, -0.15) is 13.2 Å². The van der Waals surface area contributed by atoms with Crippen LogP contribution >= 0.6 is 0 Å². The van der Waals surface area contributed by atoms with Crippen molar-refractivity contribution in [2.24, 2.45) is 0 Å². The van der Waals surface area contributed by atoms with Crippen LogP contribution in [0.15, 0.2) is 65.7 Å². The predicted molar refractivity (Wildman–Crippen MR) is 145 cm³/mol. The summed E-state index contributed by atoms with van der Waals surface area (Å²) in [5, 5.41) is 7.74. The van der Waals surface area contributed by atoms with Crippen LogP contribution in [0.4, 0.5) is 13.2 Å². The van der Waals surface area contributed by atoms with E-state index in [0.717, 1.165) is 32.9 Å². The summed E-state index contributed by atoms with van der Waals surface area (Å²) in [6, 6.07) is 15.0. The van der Waals surface area contributed by atoms with Gasteiger partial charge in [-0.15, -0.1) is 0 Å². The minimum atomic E-state index is -4.48. The van der Waals surface area contributed by atoms with Gasteiger partial charge in [0.15, 0.2) is 0 Å². The molecule has 40 heavy (non-hydrogen) atoms. The third-order valence-corrected chi connectivity index (χ3v) is 8.06. The van der Waals surface area contributed by atoms with Crippen LogP contribution < -0.4 is 5.56 Å². The number of halogens is 3. The lowest BCUT2D eigenvalue weighted by atomic mass is 10.0. The van der Waals surface area contributed by atoms with Crippen LogP contribution in [-0.4, -0.2) is 69.0 Å². The monoisotopic (exact) mass is 551 g/mol. The van der Waals surface area contributed by atoms with Gasteiger partial charge in [0.05, 0.1) is 43.2 Å². The number of aromatic amines is 2. The van der Waals surface area contributed by atoms with Crippen molar-refractivity contribution in [2.75, 3.05) is 26.4 Å². The van der Waals surface area contributed by atoms with Crippen LogP contribution in [0.2, 0.25) is 0 Å². The van der Waals surface area contributed by atoms with E-state index < -0.39 is 18.4 Å². The maximum atomic E-state index is 14.0. The van der Waals surface area contributed by atoms with E-state index in [1.54, 1.807) is 0 Å². The number of alkyl halides is 3. The van der Waals surface area contributed by atoms with Crippen molar-refractivity contribution in [1.82, 2.24) is 24.2 Å². The van der Waals surface area contributed by atoms with Gasteiger partial charge < -0.3 is 18.6 Å². The molecule has 208 valence electrons. The highest BCUT2D eigenvalue weighted by Gasteiger charge is 2.45. The predicted octanol–water partition coefficient (Wildman–Crippen LogP) is 4.96. The van der Waals surface area contributed by atoms with E-state index in [9.17, 15) is 18.0 Å². The molecule has 4 bridgehead atoms. The van der Waals surface area contributed by atoms with Crippen molar-refractivity contribution in [3.05, 3.63) is 71.3 Å². The minimum absolute atomic E-state index is 0.0627. The number of hydrogen-bond acceptors (Lipinski definition) is 4. The topological polar surface area (TPSA) is 80.2 Å². The fourth-order valence-electron chi connectivity index (χ4n) is 5.99. The molecule has 7 rings (SSSR count). The van der Waals surface area contributed by atoms with Crippen LogP contribution in [0, 0.1) is 0 Å². The van der Waals surface area contributed by atoms with Gasteiger partial charge in [0, 0.05) is 65.0 Å². The fraction of sp³-hybridized carbons (Fsp3) is 0.345. The molecule has 5 heterocycles. The molecule has 0 unspecified atom stereocenters. The number of aromatic nitrogens is 4. The number of fused-ring (bicyclic) bond motifs is 13. The molecule has 11 heteroatoms. The summed E-state index contributed by atoms with van der Waals surface area (Å²) in [4.78, 5) is 13.7. The summed E-state index contributed by atoms with van der Waals surface area (Å²) in [5.41, 5.74) is 4.50. The molecule has 0 spiro atoms. The third kappa shape index (κ3) is 4.25. The first-order valence-electron chi connectivity index (χ1n) is 13.4. The molecule has 0 saturated carbocycles. The fourth-order valence-corrected chi connectivity index (χ4v) is 5.99. The first-order valence-corrected chi connectivity index (χ1v) is 13.4. The third-order valence-electron chi connectivity index (χ3n) is 8.06. The van der Waals surface area contributed by atoms with Crippen molar-refractivity contribution in [3.63, 3.8) is 0 Å². The number of para-hydroxylation sites is 2. The van der Waals surface area contributed by atoms with E-state index in [0.29, 0.717) is 35.7 Å². The average Bonchev–Trinajstić information content (AvgIpc) is 3.57. The first-order chi connectivity index (χ1) is 19.4. The van der Waals surface area contributed by atoms with E-state index in [1.807, 2.05) is 70.1 Å². The largest absolute Gasteiger partial charge is 0.460 e. The average molecular weight is 552 g/mol. The van der Waals surface area contributed by atoms with Crippen molar-refractivity contribution in [3.8, 4) is 22.4 Å². The number of hydrogen-bond donors (Lipinski definition) is 2. The molecule has 5 aromatic rings. The highest BCUT2D eigenvalue weighted by atomic mass is 19.4. The SMILES string of the molecule is O=c1[nH][nH]c2c1-c1cn(c3ccccc13)CCO[C@H](CN(C1COC1)C(F)(F)F)CCn1cc-2c2ccccc21. The Kier molecular flexibility index (Phi) is 6.10. The van der Waals surface area contributed by atoms with Crippen LogP contribution in [0.25, 0.3) is 44.2 Å². The Balaban J connectivity index is 1.36. The van der Waals surface area contributed by atoms with Crippen molar-refractivity contribution >= 4 is 21.8 Å². The van der Waals surface area contributed by atoms with E-state index in [1.165, 1.54) is 0 Å². The number of nitrogens with one attached hydrogen (secondary N) is 2. The summed E-state index contributed by atoms with van der Waals surface area (Å²) in [6.07, 6.45) is -0.849. The molecule has 0 aliphatic carbocycles. The molecule has 2 aromatic carbocycles. The zero-order valence-corrected chi connectivity index (χ0v) is 21.6. The molecule has 2 N–H and O–H groups in total. The summed E-state index contributed by atoms with van der Waals surface area (Å²) in [7, 11) is 0. The van der Waals surface area contributed by atoms with Gasteiger partial charge in [0.2, 0.25) is 0 Å². The standard InChI is InChI=1S/C29H28F3N5O3/c30-29(31,32)37(18-16-39-17-18)13-19-9-10-35-15-23(21-6-2-4-8-25(21)35)27-26(28(38)34-33-27)22-14-36(11-12-40-19)24-7-3-1-5-20(22)24/h1-8,14-15,18-19H,9-13,16-17H2,(H2,33,34,38)/t19-/m0/s1. The van der Waals surface area contributed by atoms with Crippen molar-refractivity contribution < 1.29 is 22.6 Å².